The summed E-state index contributed by atoms with van der Waals surface area (Å²) >= 11 is 12.5. The van der Waals surface area contributed by atoms with Crippen molar-refractivity contribution in [1.29, 1.82) is 0 Å². The largest absolute Gasteiger partial charge is 0.379 e. The lowest BCUT2D eigenvalue weighted by Crippen LogP contribution is -2.03. The molecule has 0 aliphatic heterocycles. The van der Waals surface area contributed by atoms with Crippen LogP contribution < -0.4 is 5.32 Å². The Hall–Kier alpha value is -0.370. The minimum Gasteiger partial charge on any atom is -0.379 e. The first-order valence-corrected chi connectivity index (χ1v) is 11.4. The number of fused-ring (bicyclic) bond motifs is 1. The molecule has 1 saturated carbocycles. The molecule has 4 rings (SSSR count). The van der Waals surface area contributed by atoms with E-state index in [1.54, 1.807) is 11.3 Å². The topological polar surface area (TPSA) is 24.9 Å². The first-order valence-electron chi connectivity index (χ1n) is 8.27. The molecule has 24 heavy (non-hydrogen) atoms. The lowest BCUT2D eigenvalue weighted by Gasteiger charge is -2.20. The third-order valence-electron chi connectivity index (χ3n) is 4.59. The van der Waals surface area contributed by atoms with Crippen LogP contribution in [0.1, 0.15) is 47.8 Å². The fourth-order valence-electron chi connectivity index (χ4n) is 3.38. The van der Waals surface area contributed by atoms with Gasteiger partial charge in [-0.1, -0.05) is 36.9 Å². The summed E-state index contributed by atoms with van der Waals surface area (Å²) in [5.74, 6) is 0.703. The van der Waals surface area contributed by atoms with Gasteiger partial charge >= 0.3 is 0 Å². The van der Waals surface area contributed by atoms with Gasteiger partial charge in [-0.2, -0.15) is 0 Å². The number of anilines is 1. The predicted molar refractivity (Wildman–Crippen MR) is 115 cm³/mol. The number of hydrogen-bond donors (Lipinski definition) is 1. The lowest BCUT2D eigenvalue weighted by atomic mass is 9.88. The van der Waals surface area contributed by atoms with Crippen molar-refractivity contribution in [3.8, 4) is 0 Å². The maximum atomic E-state index is 6.30. The van der Waals surface area contributed by atoms with E-state index in [4.69, 9.17) is 11.6 Å². The summed E-state index contributed by atoms with van der Waals surface area (Å²) in [7, 11) is 0. The van der Waals surface area contributed by atoms with E-state index in [0.717, 1.165) is 17.7 Å². The van der Waals surface area contributed by atoms with Gasteiger partial charge in [0.2, 0.25) is 0 Å². The molecule has 0 unspecified atom stereocenters. The zero-order valence-corrected chi connectivity index (χ0v) is 17.7. The molecule has 0 radical (unpaired) electrons. The summed E-state index contributed by atoms with van der Waals surface area (Å²) in [5.41, 5.74) is 2.19. The van der Waals surface area contributed by atoms with Gasteiger partial charge in [0.05, 0.1) is 19.5 Å². The van der Waals surface area contributed by atoms with E-state index < -0.39 is 0 Å². The summed E-state index contributed by atoms with van der Waals surface area (Å²) in [4.78, 5) is 7.47. The Labute approximate surface area is 168 Å². The zero-order chi connectivity index (χ0) is 16.5. The number of rotatable bonds is 4. The molecule has 0 spiro atoms. The molecule has 1 aliphatic carbocycles. The van der Waals surface area contributed by atoms with E-state index in [1.807, 2.05) is 17.4 Å². The number of halogens is 2. The highest BCUT2D eigenvalue weighted by Gasteiger charge is 2.23. The van der Waals surface area contributed by atoms with Crippen LogP contribution in [0.3, 0.4) is 0 Å². The average Bonchev–Trinajstić information content (AvgIpc) is 3.22. The van der Waals surface area contributed by atoms with E-state index in [2.05, 4.69) is 50.4 Å². The van der Waals surface area contributed by atoms with Gasteiger partial charge in [0, 0.05) is 22.4 Å². The van der Waals surface area contributed by atoms with Gasteiger partial charge in [-0.15, -0.1) is 22.7 Å². The molecule has 1 aliphatic rings. The quantitative estimate of drug-likeness (QED) is 0.308. The number of pyridine rings is 1. The highest BCUT2D eigenvalue weighted by Crippen LogP contribution is 2.44. The Morgan fingerprint density at radius 3 is 2.88 bits per heavy atom. The van der Waals surface area contributed by atoms with Crippen LogP contribution in [0.25, 0.3) is 10.2 Å². The second-order valence-electron chi connectivity index (χ2n) is 6.22. The molecule has 0 bridgehead atoms. The molecule has 0 amide bonds. The molecule has 1 fully saturated rings. The van der Waals surface area contributed by atoms with Gasteiger partial charge in [-0.05, 0) is 52.8 Å². The molecular weight excluding hydrogens is 471 g/mol. The second kappa shape index (κ2) is 7.48. The normalized spacial score (nSPS) is 15.9. The smallest absolute Gasteiger partial charge is 0.131 e. The minimum atomic E-state index is 0.571. The van der Waals surface area contributed by atoms with E-state index in [1.165, 1.54) is 50.1 Å². The Morgan fingerprint density at radius 1 is 1.29 bits per heavy atom. The highest BCUT2D eigenvalue weighted by atomic mass is 127. The maximum Gasteiger partial charge on any atom is 0.131 e. The SMILES string of the molecule is Clc1cc(NCc2cccs2)c2sc(C3CCCCC3)c(I)c2n1. The summed E-state index contributed by atoms with van der Waals surface area (Å²) in [6, 6.07) is 6.21. The average molecular weight is 489 g/mol. The van der Waals surface area contributed by atoms with Crippen molar-refractivity contribution in [1.82, 2.24) is 4.98 Å². The lowest BCUT2D eigenvalue weighted by molar-refractivity contribution is 0.447. The molecule has 2 nitrogen and oxygen atoms in total. The van der Waals surface area contributed by atoms with Gasteiger partial charge in [0.25, 0.3) is 0 Å². The van der Waals surface area contributed by atoms with Crippen LogP contribution in [0.15, 0.2) is 23.6 Å². The number of hydrogen-bond acceptors (Lipinski definition) is 4. The van der Waals surface area contributed by atoms with E-state index in [0.29, 0.717) is 11.1 Å². The Kier molecular flexibility index (Phi) is 5.32. The fraction of sp³-hybridized carbons (Fsp3) is 0.389. The van der Waals surface area contributed by atoms with E-state index >= 15 is 0 Å². The third-order valence-corrected chi connectivity index (χ3v) is 8.49. The van der Waals surface area contributed by atoms with Crippen LogP contribution >= 0.6 is 56.9 Å². The first-order chi connectivity index (χ1) is 11.7. The molecule has 3 aromatic heterocycles. The fourth-order valence-corrected chi connectivity index (χ4v) is 6.86. The molecule has 1 N–H and O–H groups in total. The Balaban J connectivity index is 1.70. The number of nitrogens with zero attached hydrogens (tertiary/aromatic N) is 1. The molecular formula is C18H18ClIN2S2. The van der Waals surface area contributed by atoms with Crippen molar-refractivity contribution in [2.45, 2.75) is 44.6 Å². The number of nitrogens with one attached hydrogen (secondary N) is 1. The van der Waals surface area contributed by atoms with Gasteiger partial charge in [-0.25, -0.2) is 4.98 Å². The summed E-state index contributed by atoms with van der Waals surface area (Å²) in [5, 5.41) is 6.25. The van der Waals surface area contributed by atoms with Crippen LogP contribution in [0, 0.1) is 3.57 Å². The Morgan fingerprint density at radius 2 is 2.12 bits per heavy atom. The van der Waals surface area contributed by atoms with Crippen molar-refractivity contribution < 1.29 is 0 Å². The van der Waals surface area contributed by atoms with Gasteiger partial charge in [-0.3, -0.25) is 0 Å². The molecule has 0 aromatic carbocycles. The van der Waals surface area contributed by atoms with Crippen LogP contribution in [0.4, 0.5) is 5.69 Å². The third kappa shape index (κ3) is 3.45. The van der Waals surface area contributed by atoms with E-state index in [-0.39, 0.29) is 0 Å². The van der Waals surface area contributed by atoms with Crippen molar-refractivity contribution in [3.05, 3.63) is 42.1 Å². The van der Waals surface area contributed by atoms with Crippen LogP contribution in [0.2, 0.25) is 5.15 Å². The molecule has 3 heterocycles. The first kappa shape index (κ1) is 17.1. The summed E-state index contributed by atoms with van der Waals surface area (Å²) in [6.45, 7) is 0.834. The van der Waals surface area contributed by atoms with Gasteiger partial charge in [0.1, 0.15) is 5.15 Å². The van der Waals surface area contributed by atoms with Crippen LogP contribution in [-0.4, -0.2) is 4.98 Å². The van der Waals surface area contributed by atoms with Crippen molar-refractivity contribution >= 4 is 72.8 Å². The maximum absolute atomic E-state index is 6.30. The van der Waals surface area contributed by atoms with E-state index in [9.17, 15) is 0 Å². The number of aromatic nitrogens is 1. The molecule has 0 saturated heterocycles. The minimum absolute atomic E-state index is 0.571. The molecule has 3 aromatic rings. The monoisotopic (exact) mass is 488 g/mol. The van der Waals surface area contributed by atoms with Crippen molar-refractivity contribution in [3.63, 3.8) is 0 Å². The van der Waals surface area contributed by atoms with Crippen LogP contribution in [0.5, 0.6) is 0 Å². The van der Waals surface area contributed by atoms with Crippen LogP contribution in [-0.2, 0) is 6.54 Å². The summed E-state index contributed by atoms with van der Waals surface area (Å²) in [6.07, 6.45) is 6.72. The zero-order valence-electron chi connectivity index (χ0n) is 13.1. The van der Waals surface area contributed by atoms with Gasteiger partial charge < -0.3 is 5.32 Å². The van der Waals surface area contributed by atoms with Crippen molar-refractivity contribution in [2.24, 2.45) is 0 Å². The second-order valence-corrected chi connectivity index (χ2v) is 9.77. The molecule has 0 atom stereocenters. The van der Waals surface area contributed by atoms with Crippen molar-refractivity contribution in [2.75, 3.05) is 5.32 Å². The highest BCUT2D eigenvalue weighted by molar-refractivity contribution is 14.1. The number of thiophene rings is 2. The molecule has 6 heteroatoms. The predicted octanol–water partition coefficient (Wildman–Crippen LogP) is 7.28. The standard InChI is InChI=1S/C18H18ClIN2S2/c19-14-9-13(21-10-12-7-4-8-23-12)18-16(22-14)15(20)17(24-18)11-5-2-1-3-6-11/h4,7-9,11H,1-3,5-6,10H2,(H,21,22). The van der Waals surface area contributed by atoms with Gasteiger partial charge in [0.15, 0.2) is 0 Å². The Bertz CT molecular complexity index is 838. The molecule has 126 valence electrons. The summed E-state index contributed by atoms with van der Waals surface area (Å²) < 4.78 is 2.56.